The van der Waals surface area contributed by atoms with Gasteiger partial charge in [0.15, 0.2) is 11.7 Å². The van der Waals surface area contributed by atoms with Gasteiger partial charge in [0.1, 0.15) is 6.54 Å². The normalized spacial score (nSPS) is 14.6. The van der Waals surface area contributed by atoms with E-state index in [1.807, 2.05) is 13.0 Å². The number of carbonyl (C=O) groups excluding carboxylic acids is 1. The molecule has 0 aromatic carbocycles. The minimum absolute atomic E-state index is 0.166. The third kappa shape index (κ3) is 6.40. The Hall–Kier alpha value is -2.05. The van der Waals surface area contributed by atoms with Crippen LogP contribution < -0.4 is 16.0 Å². The summed E-state index contributed by atoms with van der Waals surface area (Å²) >= 11 is 0. The number of hydrogen-bond donors (Lipinski definition) is 3. The first-order valence-corrected chi connectivity index (χ1v) is 9.43. The van der Waals surface area contributed by atoms with E-state index < -0.39 is 0 Å². The monoisotopic (exact) mass is 349 g/mol. The van der Waals surface area contributed by atoms with Crippen molar-refractivity contribution in [3.05, 3.63) is 17.5 Å². The largest absolute Gasteiger partial charge is 0.359 e. The van der Waals surface area contributed by atoms with E-state index in [4.69, 9.17) is 4.52 Å². The van der Waals surface area contributed by atoms with Gasteiger partial charge in [0, 0.05) is 37.5 Å². The van der Waals surface area contributed by atoms with Crippen molar-refractivity contribution in [1.82, 2.24) is 21.1 Å². The maximum Gasteiger partial charge on any atom is 0.223 e. The number of amides is 1. The Morgan fingerprint density at radius 2 is 1.96 bits per heavy atom. The van der Waals surface area contributed by atoms with Gasteiger partial charge < -0.3 is 20.5 Å². The topological polar surface area (TPSA) is 91.6 Å². The number of carbonyl (C=O) groups is 1. The zero-order valence-electron chi connectivity index (χ0n) is 15.6. The van der Waals surface area contributed by atoms with E-state index in [9.17, 15) is 4.79 Å². The predicted octanol–water partition coefficient (Wildman–Crippen LogP) is 2.16. The minimum Gasteiger partial charge on any atom is -0.359 e. The molecular formula is C18H31N5O2. The quantitative estimate of drug-likeness (QED) is 0.342. The zero-order valence-corrected chi connectivity index (χ0v) is 15.6. The smallest absolute Gasteiger partial charge is 0.223 e. The molecule has 0 bridgehead atoms. The molecule has 1 saturated carbocycles. The highest BCUT2D eigenvalue weighted by Gasteiger charge is 2.28. The summed E-state index contributed by atoms with van der Waals surface area (Å²) in [5.41, 5.74) is 1.01. The van der Waals surface area contributed by atoms with Crippen molar-refractivity contribution >= 4 is 11.9 Å². The molecule has 7 nitrogen and oxygen atoms in total. The average Bonchev–Trinajstić information content (AvgIpc) is 3.37. The molecule has 1 aliphatic rings. The van der Waals surface area contributed by atoms with Crippen LogP contribution in [0.15, 0.2) is 15.6 Å². The van der Waals surface area contributed by atoms with Gasteiger partial charge in [-0.25, -0.2) is 4.99 Å². The van der Waals surface area contributed by atoms with Crippen LogP contribution in [-0.4, -0.2) is 36.7 Å². The van der Waals surface area contributed by atoms with Crippen molar-refractivity contribution in [3.63, 3.8) is 0 Å². The van der Waals surface area contributed by atoms with E-state index in [0.717, 1.165) is 43.7 Å². The van der Waals surface area contributed by atoms with Crippen LogP contribution in [0.4, 0.5) is 0 Å². The molecule has 2 rings (SSSR count). The molecule has 0 atom stereocenters. The van der Waals surface area contributed by atoms with Crippen LogP contribution in [0, 0.1) is 5.92 Å². The van der Waals surface area contributed by atoms with Gasteiger partial charge in [-0.05, 0) is 32.6 Å². The summed E-state index contributed by atoms with van der Waals surface area (Å²) in [5.74, 6) is 2.34. The fraction of sp³-hybridized carbons (Fsp3) is 0.722. The van der Waals surface area contributed by atoms with Gasteiger partial charge in [0.25, 0.3) is 0 Å². The lowest BCUT2D eigenvalue weighted by Crippen LogP contribution is -2.41. The Balaban J connectivity index is 1.78. The maximum absolute atomic E-state index is 11.6. The van der Waals surface area contributed by atoms with Crippen LogP contribution in [0.2, 0.25) is 0 Å². The van der Waals surface area contributed by atoms with Gasteiger partial charge >= 0.3 is 0 Å². The van der Waals surface area contributed by atoms with Crippen LogP contribution >= 0.6 is 0 Å². The van der Waals surface area contributed by atoms with Gasteiger partial charge in [-0.2, -0.15) is 0 Å². The maximum atomic E-state index is 11.6. The molecular weight excluding hydrogens is 318 g/mol. The molecule has 140 valence electrons. The van der Waals surface area contributed by atoms with Gasteiger partial charge in [0.05, 0.1) is 5.69 Å². The second-order valence-corrected chi connectivity index (χ2v) is 6.42. The molecule has 1 amide bonds. The van der Waals surface area contributed by atoms with Gasteiger partial charge in [-0.3, -0.25) is 4.79 Å². The number of hydrogen-bond acceptors (Lipinski definition) is 4. The third-order valence-electron chi connectivity index (χ3n) is 4.38. The van der Waals surface area contributed by atoms with E-state index in [1.165, 1.54) is 0 Å². The fourth-order valence-electron chi connectivity index (χ4n) is 2.66. The number of nitrogens with one attached hydrogen (secondary N) is 3. The van der Waals surface area contributed by atoms with Crippen LogP contribution in [0.5, 0.6) is 0 Å². The molecule has 1 aromatic heterocycles. The van der Waals surface area contributed by atoms with Crippen LogP contribution in [-0.2, 0) is 11.3 Å². The number of guanidine groups is 1. The molecule has 0 radical (unpaired) electrons. The van der Waals surface area contributed by atoms with E-state index in [-0.39, 0.29) is 11.8 Å². The molecule has 7 heteroatoms. The molecule has 0 unspecified atom stereocenters. The highest BCUT2D eigenvalue weighted by atomic mass is 16.5. The molecule has 1 heterocycles. The van der Waals surface area contributed by atoms with Crippen molar-refractivity contribution in [2.75, 3.05) is 19.6 Å². The van der Waals surface area contributed by atoms with Crippen LogP contribution in [0.3, 0.4) is 0 Å². The second-order valence-electron chi connectivity index (χ2n) is 6.42. The fourth-order valence-corrected chi connectivity index (χ4v) is 2.66. The van der Waals surface area contributed by atoms with Crippen molar-refractivity contribution in [2.45, 2.75) is 58.9 Å². The Morgan fingerprint density at radius 3 is 2.60 bits per heavy atom. The van der Waals surface area contributed by atoms with Crippen molar-refractivity contribution in [2.24, 2.45) is 10.9 Å². The standard InChI is InChI=1S/C18H31N5O2/c1-4-13(5-2)16-11-15(25-23-16)12-22-18(19-6-3)21-10-9-20-17(24)14-7-8-14/h11,13-14H,4-10,12H2,1-3H3,(H,20,24)(H2,19,21,22). The van der Waals surface area contributed by atoms with Gasteiger partial charge in [0.2, 0.25) is 5.91 Å². The van der Waals surface area contributed by atoms with E-state index >= 15 is 0 Å². The summed E-state index contributed by atoms with van der Waals surface area (Å²) in [5, 5.41) is 13.5. The average molecular weight is 349 g/mol. The van der Waals surface area contributed by atoms with E-state index in [2.05, 4.69) is 39.9 Å². The molecule has 0 saturated heterocycles. The molecule has 0 spiro atoms. The Bertz CT molecular complexity index is 562. The molecule has 25 heavy (non-hydrogen) atoms. The summed E-state index contributed by atoms with van der Waals surface area (Å²) in [6.07, 6.45) is 4.17. The second kappa shape index (κ2) is 10.1. The number of aliphatic imine (C=N–C) groups is 1. The Morgan fingerprint density at radius 1 is 1.24 bits per heavy atom. The lowest BCUT2D eigenvalue weighted by molar-refractivity contribution is -0.122. The molecule has 1 aromatic rings. The first kappa shape index (κ1) is 19.3. The van der Waals surface area contributed by atoms with Crippen molar-refractivity contribution in [3.8, 4) is 0 Å². The number of rotatable bonds is 10. The zero-order chi connectivity index (χ0) is 18.1. The first-order valence-electron chi connectivity index (χ1n) is 9.43. The minimum atomic E-state index is 0.166. The third-order valence-corrected chi connectivity index (χ3v) is 4.38. The predicted molar refractivity (Wildman–Crippen MR) is 98.4 cm³/mol. The molecule has 3 N–H and O–H groups in total. The first-order chi connectivity index (χ1) is 12.2. The summed E-state index contributed by atoms with van der Waals surface area (Å²) in [6, 6.07) is 2.00. The van der Waals surface area contributed by atoms with Crippen LogP contribution in [0.25, 0.3) is 0 Å². The van der Waals surface area contributed by atoms with Crippen molar-refractivity contribution in [1.29, 1.82) is 0 Å². The molecule has 1 aliphatic carbocycles. The SMILES string of the molecule is CCNC(=NCc1cc(C(CC)CC)no1)NCCNC(=O)C1CC1. The summed E-state index contributed by atoms with van der Waals surface area (Å²) in [4.78, 5) is 16.1. The number of nitrogens with zero attached hydrogens (tertiary/aromatic N) is 2. The lowest BCUT2D eigenvalue weighted by Gasteiger charge is -2.11. The highest BCUT2D eigenvalue weighted by Crippen LogP contribution is 2.28. The summed E-state index contributed by atoms with van der Waals surface area (Å²) < 4.78 is 5.40. The Kier molecular flexibility index (Phi) is 7.76. The van der Waals surface area contributed by atoms with Gasteiger partial charge in [-0.15, -0.1) is 0 Å². The lowest BCUT2D eigenvalue weighted by atomic mass is 9.99. The van der Waals surface area contributed by atoms with E-state index in [1.54, 1.807) is 0 Å². The molecule has 1 fully saturated rings. The van der Waals surface area contributed by atoms with E-state index in [0.29, 0.717) is 31.5 Å². The van der Waals surface area contributed by atoms with Crippen molar-refractivity contribution < 1.29 is 9.32 Å². The van der Waals surface area contributed by atoms with Gasteiger partial charge in [-0.1, -0.05) is 19.0 Å². The molecule has 0 aliphatic heterocycles. The highest BCUT2D eigenvalue weighted by molar-refractivity contribution is 5.81. The summed E-state index contributed by atoms with van der Waals surface area (Å²) in [6.45, 7) is 8.80. The number of aromatic nitrogens is 1. The Labute approximate surface area is 150 Å². The van der Waals surface area contributed by atoms with Crippen LogP contribution in [0.1, 0.15) is 63.8 Å². The summed E-state index contributed by atoms with van der Waals surface area (Å²) in [7, 11) is 0.